The molecule has 0 saturated carbocycles. The molecule has 5 aromatic carbocycles. The average molecular weight is 462 g/mol. The molecule has 1 heterocycles. The summed E-state index contributed by atoms with van der Waals surface area (Å²) in [6.07, 6.45) is 1.75. The minimum atomic E-state index is -0.329. The molecule has 6 aromatic rings. The van der Waals surface area contributed by atoms with Crippen LogP contribution in [0.25, 0.3) is 54.6 Å². The zero-order valence-corrected chi connectivity index (χ0v) is 20.1. The fourth-order valence-electron chi connectivity index (χ4n) is 4.53. The predicted molar refractivity (Wildman–Crippen MR) is 148 cm³/mol. The molecule has 0 aliphatic rings. The van der Waals surface area contributed by atoms with Gasteiger partial charge in [0.1, 0.15) is 11.2 Å². The molecule has 0 aliphatic carbocycles. The van der Waals surface area contributed by atoms with E-state index in [1.165, 1.54) is 0 Å². The molecule has 35 heavy (non-hydrogen) atoms. The van der Waals surface area contributed by atoms with E-state index in [0.29, 0.717) is 5.56 Å². The van der Waals surface area contributed by atoms with Crippen LogP contribution >= 0.6 is 0 Å². The third kappa shape index (κ3) is 4.04. The molecule has 0 aliphatic heterocycles. The number of benzene rings is 5. The van der Waals surface area contributed by atoms with Gasteiger partial charge in [0.25, 0.3) is 5.69 Å². The number of nitrogens with zero attached hydrogens (tertiary/aromatic N) is 1. The lowest BCUT2D eigenvalue weighted by molar-refractivity contribution is -0.384. The summed E-state index contributed by atoms with van der Waals surface area (Å²) in [7, 11) is 0. The van der Waals surface area contributed by atoms with Gasteiger partial charge in [-0.25, -0.2) is 0 Å². The number of para-hydroxylation sites is 1. The van der Waals surface area contributed by atoms with Crippen LogP contribution in [0.3, 0.4) is 0 Å². The Morgan fingerprint density at radius 2 is 1.23 bits per heavy atom. The summed E-state index contributed by atoms with van der Waals surface area (Å²) < 4.78 is 6.37. The number of furan rings is 1. The summed E-state index contributed by atoms with van der Waals surface area (Å²) >= 11 is 0. The number of hydrogen-bond acceptors (Lipinski definition) is 3. The molecule has 0 bridgehead atoms. The van der Waals surface area contributed by atoms with Gasteiger partial charge >= 0.3 is 0 Å². The molecule has 0 fully saturated rings. The van der Waals surface area contributed by atoms with E-state index in [4.69, 9.17) is 4.42 Å². The fourth-order valence-corrected chi connectivity index (χ4v) is 4.53. The monoisotopic (exact) mass is 461 g/mol. The number of allylic oxidation sites excluding steroid dienone is 1. The van der Waals surface area contributed by atoms with Crippen LogP contribution in [0.15, 0.2) is 108 Å². The second-order valence-corrected chi connectivity index (χ2v) is 7.76. The maximum Gasteiger partial charge on any atom is 0.277 e. The van der Waals surface area contributed by atoms with Crippen molar-refractivity contribution in [2.24, 2.45) is 0 Å². The van der Waals surface area contributed by atoms with Gasteiger partial charge in [0.2, 0.25) is 0 Å². The Hall–Kier alpha value is -4.44. The molecule has 4 heteroatoms. The van der Waals surface area contributed by atoms with Gasteiger partial charge in [0.15, 0.2) is 0 Å². The van der Waals surface area contributed by atoms with Gasteiger partial charge in [-0.05, 0) is 35.2 Å². The van der Waals surface area contributed by atoms with Gasteiger partial charge in [-0.2, -0.15) is 0 Å². The summed E-state index contributed by atoms with van der Waals surface area (Å²) in [5.41, 5.74) is 3.02. The first-order valence-electron chi connectivity index (χ1n) is 11.7. The topological polar surface area (TPSA) is 56.3 Å². The van der Waals surface area contributed by atoms with Gasteiger partial charge in [-0.3, -0.25) is 10.1 Å². The first-order chi connectivity index (χ1) is 17.2. The summed E-state index contributed by atoms with van der Waals surface area (Å²) in [4.78, 5) is 11.4. The van der Waals surface area contributed by atoms with E-state index in [0.717, 1.165) is 49.0 Å². The highest BCUT2D eigenvalue weighted by molar-refractivity contribution is 6.32. The number of nitro benzene ring substituents is 1. The van der Waals surface area contributed by atoms with Gasteiger partial charge < -0.3 is 4.42 Å². The highest BCUT2D eigenvalue weighted by Gasteiger charge is 2.21. The molecule has 1 aromatic heterocycles. The molecule has 4 nitrogen and oxygen atoms in total. The number of hydrogen-bond donors (Lipinski definition) is 0. The minimum absolute atomic E-state index is 0.0874. The molecular formula is C31H27NO3. The van der Waals surface area contributed by atoms with E-state index in [-0.39, 0.29) is 10.6 Å². The van der Waals surface area contributed by atoms with E-state index in [2.05, 4.69) is 30.8 Å². The standard InChI is InChI=1S/C26H15NO3.C3H6.C2H6/c28-27(29)22-14-6-5-10-18(22)20-13-7-15-23-24(20)25-19-11-3-1-8-16(19)17-9-2-4-12-21(17)26(25)30-23;1-3-2;1-2/h1-15H;3H,1H2,2H3;1-2H3. The Labute approximate surface area is 204 Å². The SMILES string of the molecule is C=CC.CC.O=[N+]([O-])c1ccccc1-c1cccc2oc3c4ccccc4c4ccccc4c3c12. The van der Waals surface area contributed by atoms with Crippen molar-refractivity contribution in [1.29, 1.82) is 0 Å². The summed E-state index contributed by atoms with van der Waals surface area (Å²) in [6, 6.07) is 29.1. The van der Waals surface area contributed by atoms with Crippen molar-refractivity contribution >= 4 is 49.2 Å². The van der Waals surface area contributed by atoms with Crippen molar-refractivity contribution in [3.63, 3.8) is 0 Å². The zero-order valence-electron chi connectivity index (χ0n) is 20.1. The third-order valence-corrected chi connectivity index (χ3v) is 5.76. The molecule has 0 radical (unpaired) electrons. The van der Waals surface area contributed by atoms with Crippen LogP contribution in [0.5, 0.6) is 0 Å². The second-order valence-electron chi connectivity index (χ2n) is 7.76. The average Bonchev–Trinajstić information content (AvgIpc) is 3.31. The van der Waals surface area contributed by atoms with Crippen molar-refractivity contribution in [1.82, 2.24) is 0 Å². The first kappa shape index (κ1) is 23.7. The molecule has 0 amide bonds. The Morgan fingerprint density at radius 3 is 1.89 bits per heavy atom. The molecule has 174 valence electrons. The molecule has 0 atom stereocenters. The normalized spacial score (nSPS) is 10.5. The van der Waals surface area contributed by atoms with Gasteiger partial charge in [0.05, 0.1) is 10.5 Å². The first-order valence-corrected chi connectivity index (χ1v) is 11.7. The van der Waals surface area contributed by atoms with Crippen LogP contribution in [0, 0.1) is 10.1 Å². The fraction of sp³-hybridized carbons (Fsp3) is 0.0968. The van der Waals surface area contributed by atoms with Crippen molar-refractivity contribution < 1.29 is 9.34 Å². The van der Waals surface area contributed by atoms with Gasteiger partial charge in [0, 0.05) is 27.8 Å². The Kier molecular flexibility index (Phi) is 6.93. The zero-order chi connectivity index (χ0) is 24.9. The van der Waals surface area contributed by atoms with Gasteiger partial charge in [-0.1, -0.05) is 92.7 Å². The van der Waals surface area contributed by atoms with Crippen LogP contribution < -0.4 is 0 Å². The molecule has 0 spiro atoms. The maximum absolute atomic E-state index is 11.7. The Morgan fingerprint density at radius 1 is 0.714 bits per heavy atom. The summed E-state index contributed by atoms with van der Waals surface area (Å²) in [5.74, 6) is 0. The minimum Gasteiger partial charge on any atom is -0.455 e. The summed E-state index contributed by atoms with van der Waals surface area (Å²) in [6.45, 7) is 9.25. The van der Waals surface area contributed by atoms with Crippen LogP contribution in [-0.2, 0) is 0 Å². The lowest BCUT2D eigenvalue weighted by Crippen LogP contribution is -1.91. The predicted octanol–water partition coefficient (Wildman–Crippen LogP) is 9.69. The van der Waals surface area contributed by atoms with E-state index in [9.17, 15) is 10.1 Å². The van der Waals surface area contributed by atoms with Crippen molar-refractivity contribution in [2.75, 3.05) is 0 Å². The van der Waals surface area contributed by atoms with Crippen molar-refractivity contribution in [3.8, 4) is 11.1 Å². The molecule has 0 N–H and O–H groups in total. The van der Waals surface area contributed by atoms with E-state index < -0.39 is 0 Å². The summed E-state index contributed by atoms with van der Waals surface area (Å²) in [5, 5.41) is 18.0. The Bertz CT molecular complexity index is 1680. The highest BCUT2D eigenvalue weighted by atomic mass is 16.6. The quantitative estimate of drug-likeness (QED) is 0.112. The van der Waals surface area contributed by atoms with Crippen LogP contribution in [0.1, 0.15) is 20.8 Å². The molecule has 0 unspecified atom stereocenters. The lowest BCUT2D eigenvalue weighted by Gasteiger charge is -2.08. The van der Waals surface area contributed by atoms with E-state index >= 15 is 0 Å². The van der Waals surface area contributed by atoms with E-state index in [1.807, 2.05) is 69.3 Å². The number of fused-ring (bicyclic) bond motifs is 8. The Balaban J connectivity index is 0.000000539. The van der Waals surface area contributed by atoms with Crippen LogP contribution in [-0.4, -0.2) is 4.92 Å². The number of nitro groups is 1. The smallest absolute Gasteiger partial charge is 0.277 e. The van der Waals surface area contributed by atoms with Crippen LogP contribution in [0.4, 0.5) is 5.69 Å². The van der Waals surface area contributed by atoms with Gasteiger partial charge in [-0.15, -0.1) is 6.58 Å². The maximum atomic E-state index is 11.7. The molecular weight excluding hydrogens is 434 g/mol. The highest BCUT2D eigenvalue weighted by Crippen LogP contribution is 2.45. The number of rotatable bonds is 2. The largest absolute Gasteiger partial charge is 0.455 e. The van der Waals surface area contributed by atoms with E-state index in [1.54, 1.807) is 24.3 Å². The van der Waals surface area contributed by atoms with Crippen molar-refractivity contribution in [3.05, 3.63) is 114 Å². The molecule has 0 saturated heterocycles. The molecule has 6 rings (SSSR count). The van der Waals surface area contributed by atoms with Crippen LogP contribution in [0.2, 0.25) is 0 Å². The van der Waals surface area contributed by atoms with Crippen molar-refractivity contribution in [2.45, 2.75) is 20.8 Å². The second kappa shape index (κ2) is 10.2. The third-order valence-electron chi connectivity index (χ3n) is 5.76. The lowest BCUT2D eigenvalue weighted by atomic mass is 9.93.